The SMILES string of the molecule is NC[C@H]1O[C@@H](n2cnc3c(N)ncnc32)[C@H](OP(=O)(O)OC[C@@H]2C[C@@H](OP(=O)(O)OC[C@H]3O[C@@H](n4cnc5c(N)ncnc54)[C@H](O)[C@@H]3O)[C@H](n3cnc4c(N)ncnc43)O2)[C@@H]1O. The van der Waals surface area contributed by atoms with Crippen LogP contribution in [0.1, 0.15) is 25.1 Å². The Bertz CT molecular complexity index is 2710. The second kappa shape index (κ2) is 16.3. The first-order valence-electron chi connectivity index (χ1n) is 18.4. The Kier molecular flexibility index (Phi) is 11.1. The lowest BCUT2D eigenvalue weighted by Gasteiger charge is -2.24. The number of ether oxygens (including phenoxy) is 3. The maximum atomic E-state index is 13.5. The van der Waals surface area contributed by atoms with Crippen LogP contribution in [-0.4, -0.2) is 152 Å². The summed E-state index contributed by atoms with van der Waals surface area (Å²) >= 11 is 0. The molecule has 6 aromatic rings. The van der Waals surface area contributed by atoms with Gasteiger partial charge in [-0.25, -0.2) is 54.0 Å². The Labute approximate surface area is 346 Å². The van der Waals surface area contributed by atoms with Crippen LogP contribution in [0.15, 0.2) is 38.0 Å². The van der Waals surface area contributed by atoms with E-state index < -0.39 is 96.4 Å². The first kappa shape index (κ1) is 42.3. The number of rotatable bonds is 14. The summed E-state index contributed by atoms with van der Waals surface area (Å²) in [5, 5.41) is 32.7. The standard InChI is InChI=1S/C30H38N16O14P2/c31-2-13-19(48)21(30(57-13)46-10-43-17-24(34)37-7-40-27(17)46)60-62(52,53)54-3-11-1-12(28(56-11)44-8-41-15-22(32)35-5-38-25(15)44)59-61(50,51)55-4-14-18(47)20(49)29(58-14)45-9-42-16-23(33)36-6-39-26(16)45/h5-14,18-21,28-30,47-49H,1-4,31H2,(H,50,51)(H,52,53)(H2,32,35,38)(H2,33,36,39)(H2,34,37,40)/t11-,12+,13+,14+,18+,19+,20+,21+,28+,29+,30+/m0/s1. The van der Waals surface area contributed by atoms with E-state index in [1.165, 1.54) is 45.3 Å². The van der Waals surface area contributed by atoms with Gasteiger partial charge in [0, 0.05) is 13.0 Å². The number of anilines is 3. The zero-order valence-electron chi connectivity index (χ0n) is 31.6. The van der Waals surface area contributed by atoms with Crippen molar-refractivity contribution >= 4 is 66.6 Å². The molecular formula is C30H38N16O14P2. The number of fused-ring (bicyclic) bond motifs is 3. The molecule has 9 heterocycles. The molecule has 3 fully saturated rings. The molecule has 32 heteroatoms. The highest BCUT2D eigenvalue weighted by molar-refractivity contribution is 7.47. The molecule has 3 aliphatic rings. The summed E-state index contributed by atoms with van der Waals surface area (Å²) in [5.41, 5.74) is 24.6. The summed E-state index contributed by atoms with van der Waals surface area (Å²) in [7, 11) is -10.2. The number of phosphoric ester groups is 2. The zero-order valence-corrected chi connectivity index (χ0v) is 33.4. The molecule has 62 heavy (non-hydrogen) atoms. The second-order valence-electron chi connectivity index (χ2n) is 14.2. The molecule has 0 radical (unpaired) electrons. The number of phosphoric acid groups is 2. The van der Waals surface area contributed by atoms with Crippen molar-refractivity contribution in [2.24, 2.45) is 5.73 Å². The fourth-order valence-electron chi connectivity index (χ4n) is 7.41. The normalized spacial score (nSPS) is 31.0. The van der Waals surface area contributed by atoms with Crippen LogP contribution >= 0.6 is 15.6 Å². The van der Waals surface area contributed by atoms with Crippen LogP contribution in [0.5, 0.6) is 0 Å². The molecule has 3 saturated heterocycles. The van der Waals surface area contributed by atoms with Gasteiger partial charge in [0.05, 0.1) is 38.3 Å². The number of imidazole rings is 3. The van der Waals surface area contributed by atoms with Gasteiger partial charge in [-0.15, -0.1) is 0 Å². The highest BCUT2D eigenvalue weighted by Crippen LogP contribution is 2.52. The number of nitrogen functional groups attached to an aromatic ring is 3. The van der Waals surface area contributed by atoms with E-state index in [0.717, 1.165) is 6.33 Å². The fraction of sp³-hybridized carbons (Fsp3) is 0.500. The Morgan fingerprint density at radius 1 is 0.613 bits per heavy atom. The highest BCUT2D eigenvalue weighted by atomic mass is 31.2. The maximum Gasteiger partial charge on any atom is 0.472 e. The van der Waals surface area contributed by atoms with Crippen LogP contribution in [0, 0.1) is 0 Å². The number of aliphatic hydroxyl groups excluding tert-OH is 3. The molecule has 0 saturated carbocycles. The number of aliphatic hydroxyl groups is 3. The average molecular weight is 909 g/mol. The predicted molar refractivity (Wildman–Crippen MR) is 204 cm³/mol. The van der Waals surface area contributed by atoms with Crippen LogP contribution in [0.4, 0.5) is 17.5 Å². The molecule has 0 amide bonds. The molecule has 13 atom stereocenters. The van der Waals surface area contributed by atoms with Gasteiger partial charge in [0.1, 0.15) is 78.3 Å². The minimum Gasteiger partial charge on any atom is -0.387 e. The lowest BCUT2D eigenvalue weighted by molar-refractivity contribution is -0.0636. The van der Waals surface area contributed by atoms with Crippen molar-refractivity contribution in [3.8, 4) is 0 Å². The second-order valence-corrected chi connectivity index (χ2v) is 17.0. The van der Waals surface area contributed by atoms with E-state index in [-0.39, 0.29) is 63.9 Å². The molecule has 0 aromatic carbocycles. The van der Waals surface area contributed by atoms with Gasteiger partial charge < -0.3 is 62.3 Å². The summed E-state index contributed by atoms with van der Waals surface area (Å²) in [6, 6.07) is 0. The van der Waals surface area contributed by atoms with Gasteiger partial charge >= 0.3 is 15.6 Å². The molecule has 0 spiro atoms. The third kappa shape index (κ3) is 7.73. The third-order valence-corrected chi connectivity index (χ3v) is 12.4. The first-order chi connectivity index (χ1) is 29.6. The maximum absolute atomic E-state index is 13.5. The number of hydrogen-bond acceptors (Lipinski definition) is 25. The van der Waals surface area contributed by atoms with Crippen LogP contribution in [0.2, 0.25) is 0 Å². The van der Waals surface area contributed by atoms with Crippen molar-refractivity contribution in [2.75, 3.05) is 37.0 Å². The smallest absolute Gasteiger partial charge is 0.387 e. The van der Waals surface area contributed by atoms with E-state index in [4.69, 9.17) is 55.2 Å². The highest BCUT2D eigenvalue weighted by Gasteiger charge is 2.51. The van der Waals surface area contributed by atoms with Crippen LogP contribution in [0.3, 0.4) is 0 Å². The van der Waals surface area contributed by atoms with Crippen molar-refractivity contribution in [2.45, 2.75) is 73.9 Å². The van der Waals surface area contributed by atoms with Crippen molar-refractivity contribution in [3.63, 3.8) is 0 Å². The molecule has 2 unspecified atom stereocenters. The molecule has 13 N–H and O–H groups in total. The largest absolute Gasteiger partial charge is 0.472 e. The van der Waals surface area contributed by atoms with E-state index in [2.05, 4.69) is 44.9 Å². The lowest BCUT2D eigenvalue weighted by atomic mass is 10.1. The van der Waals surface area contributed by atoms with Gasteiger partial charge in [0.25, 0.3) is 0 Å². The summed E-state index contributed by atoms with van der Waals surface area (Å²) < 4.78 is 70.5. The Hall–Kier alpha value is -5.01. The Balaban J connectivity index is 0.895. The van der Waals surface area contributed by atoms with Gasteiger partial charge in [0.2, 0.25) is 0 Å². The van der Waals surface area contributed by atoms with E-state index >= 15 is 0 Å². The van der Waals surface area contributed by atoms with Crippen molar-refractivity contribution in [3.05, 3.63) is 38.0 Å². The number of aromatic nitrogens is 12. The lowest BCUT2D eigenvalue weighted by Crippen LogP contribution is -2.37. The quantitative estimate of drug-likeness (QED) is 0.0505. The van der Waals surface area contributed by atoms with Crippen molar-refractivity contribution in [1.29, 1.82) is 0 Å². The molecule has 3 aliphatic heterocycles. The molecule has 6 aromatic heterocycles. The van der Waals surface area contributed by atoms with E-state index in [1.807, 2.05) is 0 Å². The van der Waals surface area contributed by atoms with E-state index in [1.54, 1.807) is 0 Å². The molecule has 9 rings (SSSR count). The number of nitrogens with two attached hydrogens (primary N) is 4. The molecule has 30 nitrogen and oxygen atoms in total. The third-order valence-electron chi connectivity index (χ3n) is 10.4. The van der Waals surface area contributed by atoms with Gasteiger partial charge in [-0.3, -0.25) is 31.8 Å². The fourth-order valence-corrected chi connectivity index (χ4v) is 9.29. The number of nitrogens with zero attached hydrogens (tertiary/aromatic N) is 12. The Morgan fingerprint density at radius 2 is 1.10 bits per heavy atom. The van der Waals surface area contributed by atoms with Crippen LogP contribution in [-0.2, 0) is 41.4 Å². The zero-order chi connectivity index (χ0) is 43.7. The van der Waals surface area contributed by atoms with Gasteiger partial charge in [-0.05, 0) is 0 Å². The Morgan fingerprint density at radius 3 is 1.65 bits per heavy atom. The predicted octanol–water partition coefficient (Wildman–Crippen LogP) is -2.62. The van der Waals surface area contributed by atoms with E-state index in [9.17, 15) is 34.2 Å². The molecular weight excluding hydrogens is 870 g/mol. The number of hydrogen-bond donors (Lipinski definition) is 9. The minimum absolute atomic E-state index is 0.0155. The molecule has 332 valence electrons. The van der Waals surface area contributed by atoms with E-state index in [0.29, 0.717) is 0 Å². The van der Waals surface area contributed by atoms with Crippen LogP contribution < -0.4 is 22.9 Å². The topological polar surface area (TPSA) is 435 Å². The summed E-state index contributed by atoms with van der Waals surface area (Å²) in [6.45, 7) is -1.62. The molecule has 0 aliphatic carbocycles. The minimum atomic E-state index is -5.09. The van der Waals surface area contributed by atoms with Crippen LogP contribution in [0.25, 0.3) is 33.5 Å². The van der Waals surface area contributed by atoms with Gasteiger partial charge in [-0.1, -0.05) is 0 Å². The summed E-state index contributed by atoms with van der Waals surface area (Å²) in [5.74, 6) is 0.134. The average Bonchev–Trinajstić information content (AvgIpc) is 4.10. The molecule has 0 bridgehead atoms. The van der Waals surface area contributed by atoms with Crippen molar-refractivity contribution in [1.82, 2.24) is 58.6 Å². The van der Waals surface area contributed by atoms with Gasteiger partial charge in [-0.2, -0.15) is 0 Å². The monoisotopic (exact) mass is 908 g/mol. The van der Waals surface area contributed by atoms with Gasteiger partial charge in [0.15, 0.2) is 53.1 Å². The summed E-state index contributed by atoms with van der Waals surface area (Å²) in [6.07, 6.45) is -7.94. The summed E-state index contributed by atoms with van der Waals surface area (Å²) in [4.78, 5) is 58.6. The first-order valence-corrected chi connectivity index (χ1v) is 21.4. The van der Waals surface area contributed by atoms with Crippen molar-refractivity contribution < 1.29 is 66.5 Å².